The quantitative estimate of drug-likeness (QED) is 0.587. The second-order valence-corrected chi connectivity index (χ2v) is 5.32. The van der Waals surface area contributed by atoms with Crippen molar-refractivity contribution < 1.29 is 14.3 Å². The molecule has 1 rings (SSSR count). The van der Waals surface area contributed by atoms with Crippen molar-refractivity contribution in [1.82, 2.24) is 4.90 Å². The molecule has 0 saturated heterocycles. The Hall–Kier alpha value is -1.11. The maximum atomic E-state index is 12.3. The van der Waals surface area contributed by atoms with Crippen LogP contribution in [0, 0.1) is 3.57 Å². The number of methoxy groups -OCH3 is 1. The van der Waals surface area contributed by atoms with Gasteiger partial charge in [-0.3, -0.25) is 4.79 Å². The summed E-state index contributed by atoms with van der Waals surface area (Å²) < 4.78 is 5.35. The lowest BCUT2D eigenvalue weighted by atomic mass is 10.1. The molecule has 0 aromatic heterocycles. The summed E-state index contributed by atoms with van der Waals surface area (Å²) in [6, 6.07) is 5.10. The topological polar surface area (TPSA) is 46.6 Å². The number of amides is 1. The minimum atomic E-state index is -0.421. The summed E-state index contributed by atoms with van der Waals surface area (Å²) in [5.74, 6) is -0.487. The third kappa shape index (κ3) is 3.92. The van der Waals surface area contributed by atoms with Gasteiger partial charge in [-0.25, -0.2) is 4.79 Å². The first-order valence-corrected chi connectivity index (χ1v) is 7.23. The van der Waals surface area contributed by atoms with Gasteiger partial charge in [0.25, 0.3) is 5.91 Å². The number of benzene rings is 1. The molecule has 4 nitrogen and oxygen atoms in total. The highest BCUT2D eigenvalue weighted by molar-refractivity contribution is 14.1. The summed E-state index contributed by atoms with van der Waals surface area (Å²) in [4.78, 5) is 25.6. The molecule has 19 heavy (non-hydrogen) atoms. The van der Waals surface area contributed by atoms with Crippen molar-refractivity contribution in [3.8, 4) is 0 Å². The molecule has 5 heteroatoms. The minimum Gasteiger partial charge on any atom is -0.465 e. The predicted octanol–water partition coefficient (Wildman–Crippen LogP) is 2.95. The number of ether oxygens (including phenoxy) is 1. The Kier molecular flexibility index (Phi) is 6.27. The predicted molar refractivity (Wildman–Crippen MR) is 82.4 cm³/mol. The van der Waals surface area contributed by atoms with Crippen LogP contribution in [0.25, 0.3) is 0 Å². The van der Waals surface area contributed by atoms with Crippen LogP contribution in [0.15, 0.2) is 18.2 Å². The van der Waals surface area contributed by atoms with E-state index in [1.165, 1.54) is 7.11 Å². The minimum absolute atomic E-state index is 0.0661. The maximum Gasteiger partial charge on any atom is 0.338 e. The van der Waals surface area contributed by atoms with E-state index in [0.29, 0.717) is 21.2 Å². The van der Waals surface area contributed by atoms with Gasteiger partial charge >= 0.3 is 5.97 Å². The number of hydrogen-bond acceptors (Lipinski definition) is 3. The van der Waals surface area contributed by atoms with Crippen molar-refractivity contribution >= 4 is 34.5 Å². The van der Waals surface area contributed by atoms with Crippen molar-refractivity contribution in [2.75, 3.05) is 20.7 Å². The molecule has 0 aliphatic carbocycles. The van der Waals surface area contributed by atoms with Gasteiger partial charge < -0.3 is 9.64 Å². The summed E-state index contributed by atoms with van der Waals surface area (Å²) in [6.45, 7) is 2.80. The number of halogens is 1. The average molecular weight is 375 g/mol. The molecule has 1 aromatic carbocycles. The monoisotopic (exact) mass is 375 g/mol. The first kappa shape index (κ1) is 15.9. The fourth-order valence-electron chi connectivity index (χ4n) is 1.67. The fourth-order valence-corrected chi connectivity index (χ4v) is 2.48. The van der Waals surface area contributed by atoms with E-state index in [2.05, 4.69) is 6.92 Å². The second kappa shape index (κ2) is 7.47. The van der Waals surface area contributed by atoms with Crippen molar-refractivity contribution in [2.24, 2.45) is 0 Å². The first-order chi connectivity index (χ1) is 9.02. The van der Waals surface area contributed by atoms with Gasteiger partial charge in [0.2, 0.25) is 0 Å². The van der Waals surface area contributed by atoms with Crippen LogP contribution in [0.4, 0.5) is 0 Å². The highest BCUT2D eigenvalue weighted by atomic mass is 127. The molecule has 0 heterocycles. The van der Waals surface area contributed by atoms with Crippen LogP contribution in [-0.2, 0) is 4.74 Å². The number of hydrogen-bond donors (Lipinski definition) is 0. The molecule has 104 valence electrons. The van der Waals surface area contributed by atoms with E-state index in [-0.39, 0.29) is 5.91 Å². The van der Waals surface area contributed by atoms with Crippen LogP contribution < -0.4 is 0 Å². The molecule has 0 atom stereocenters. The molecule has 0 spiro atoms. The molecule has 0 unspecified atom stereocenters. The molecule has 0 aliphatic heterocycles. The Labute approximate surface area is 127 Å². The van der Waals surface area contributed by atoms with Crippen LogP contribution in [0.2, 0.25) is 0 Å². The molecule has 0 N–H and O–H groups in total. The van der Waals surface area contributed by atoms with E-state index in [1.807, 2.05) is 22.6 Å². The van der Waals surface area contributed by atoms with Gasteiger partial charge in [-0.15, -0.1) is 0 Å². The van der Waals surface area contributed by atoms with Crippen molar-refractivity contribution in [3.63, 3.8) is 0 Å². The zero-order valence-electron chi connectivity index (χ0n) is 11.4. The van der Waals surface area contributed by atoms with Gasteiger partial charge in [-0.2, -0.15) is 0 Å². The van der Waals surface area contributed by atoms with Gasteiger partial charge in [-0.05, 0) is 41.1 Å². The number of esters is 1. The molecular weight excluding hydrogens is 357 g/mol. The van der Waals surface area contributed by atoms with Gasteiger partial charge in [0.15, 0.2) is 0 Å². The Morgan fingerprint density at radius 1 is 1.32 bits per heavy atom. The zero-order valence-corrected chi connectivity index (χ0v) is 13.6. The summed E-state index contributed by atoms with van der Waals surface area (Å²) in [7, 11) is 3.11. The van der Waals surface area contributed by atoms with Gasteiger partial charge in [-0.1, -0.05) is 19.4 Å². The average Bonchev–Trinajstić information content (AvgIpc) is 2.43. The van der Waals surface area contributed by atoms with Crippen LogP contribution >= 0.6 is 22.6 Å². The third-order valence-corrected chi connectivity index (χ3v) is 3.99. The highest BCUT2D eigenvalue weighted by Gasteiger charge is 2.19. The van der Waals surface area contributed by atoms with E-state index >= 15 is 0 Å². The van der Waals surface area contributed by atoms with Crippen molar-refractivity contribution in [3.05, 3.63) is 32.9 Å². The molecule has 1 amide bonds. The lowest BCUT2D eigenvalue weighted by Crippen LogP contribution is -2.28. The Morgan fingerprint density at radius 2 is 1.95 bits per heavy atom. The van der Waals surface area contributed by atoms with E-state index in [1.54, 1.807) is 30.1 Å². The zero-order chi connectivity index (χ0) is 14.4. The third-order valence-electron chi connectivity index (χ3n) is 2.83. The van der Waals surface area contributed by atoms with Gasteiger partial charge in [0, 0.05) is 17.2 Å². The summed E-state index contributed by atoms with van der Waals surface area (Å²) in [6.07, 6.45) is 2.01. The Bertz CT molecular complexity index is 474. The van der Waals surface area contributed by atoms with Crippen LogP contribution in [-0.4, -0.2) is 37.5 Å². The van der Waals surface area contributed by atoms with Crippen LogP contribution in [0.5, 0.6) is 0 Å². The van der Waals surface area contributed by atoms with Gasteiger partial charge in [0.05, 0.1) is 18.2 Å². The molecular formula is C14H18INO3. The first-order valence-electron chi connectivity index (χ1n) is 6.15. The van der Waals surface area contributed by atoms with Crippen molar-refractivity contribution in [1.29, 1.82) is 0 Å². The number of unbranched alkanes of at least 4 members (excludes halogenated alkanes) is 1. The fraction of sp³-hybridized carbons (Fsp3) is 0.429. The van der Waals surface area contributed by atoms with Crippen LogP contribution in [0.1, 0.15) is 40.5 Å². The lowest BCUT2D eigenvalue weighted by Gasteiger charge is -2.18. The summed E-state index contributed by atoms with van der Waals surface area (Å²) in [5.41, 5.74) is 0.972. The number of nitrogens with zero attached hydrogens (tertiary/aromatic N) is 1. The largest absolute Gasteiger partial charge is 0.465 e. The summed E-state index contributed by atoms with van der Waals surface area (Å²) in [5, 5.41) is 0. The number of carbonyl (C=O) groups is 2. The molecule has 1 aromatic rings. The van der Waals surface area contributed by atoms with Crippen molar-refractivity contribution in [2.45, 2.75) is 19.8 Å². The molecule has 0 radical (unpaired) electrons. The van der Waals surface area contributed by atoms with E-state index in [4.69, 9.17) is 4.74 Å². The van der Waals surface area contributed by atoms with E-state index in [0.717, 1.165) is 12.8 Å². The normalized spacial score (nSPS) is 10.1. The summed E-state index contributed by atoms with van der Waals surface area (Å²) >= 11 is 2.02. The number of rotatable bonds is 5. The van der Waals surface area contributed by atoms with E-state index in [9.17, 15) is 9.59 Å². The smallest absolute Gasteiger partial charge is 0.338 e. The molecule has 0 aliphatic rings. The number of carbonyl (C=O) groups excluding carboxylic acids is 2. The molecule has 0 fully saturated rings. The highest BCUT2D eigenvalue weighted by Crippen LogP contribution is 2.20. The van der Waals surface area contributed by atoms with E-state index < -0.39 is 5.97 Å². The molecule has 0 saturated carbocycles. The lowest BCUT2D eigenvalue weighted by molar-refractivity contribution is 0.0599. The maximum absolute atomic E-state index is 12.3. The Morgan fingerprint density at radius 3 is 2.53 bits per heavy atom. The second-order valence-electron chi connectivity index (χ2n) is 4.24. The SMILES string of the molecule is CCCCN(C)C(=O)c1cccc(C(=O)OC)c1I. The van der Waals surface area contributed by atoms with Gasteiger partial charge in [0.1, 0.15) is 0 Å². The molecule has 0 bridgehead atoms. The van der Waals surface area contributed by atoms with Crippen LogP contribution in [0.3, 0.4) is 0 Å². The Balaban J connectivity index is 3.01. The standard InChI is InChI=1S/C14H18INO3/c1-4-5-9-16(2)13(17)10-7-6-8-11(12(10)15)14(18)19-3/h6-8H,4-5,9H2,1-3H3.